The molecule has 0 unspecified atom stereocenters. The molecule has 2 aliphatic heterocycles. The van der Waals surface area contributed by atoms with Gasteiger partial charge in [-0.05, 0) is 19.5 Å². The number of morpholine rings is 1. The average molecular weight is 264 g/mol. The lowest BCUT2D eigenvalue weighted by molar-refractivity contribution is -0.0894. The van der Waals surface area contributed by atoms with Crippen molar-refractivity contribution in [1.82, 2.24) is 19.6 Å². The molecule has 0 N–H and O–H groups in total. The quantitative estimate of drug-likeness (QED) is 0.714. The molecule has 1 amide bonds. The van der Waals surface area contributed by atoms with Crippen LogP contribution in [0.3, 0.4) is 0 Å². The fraction of sp³-hybridized carbons (Fsp3) is 0.692. The fourth-order valence-corrected chi connectivity index (χ4v) is 2.92. The van der Waals surface area contributed by atoms with Gasteiger partial charge >= 0.3 is 0 Å². The number of piperidine rings is 1. The Morgan fingerprint density at radius 1 is 1.42 bits per heavy atom. The van der Waals surface area contributed by atoms with Gasteiger partial charge in [0, 0.05) is 32.9 Å². The van der Waals surface area contributed by atoms with Crippen LogP contribution in [0.1, 0.15) is 16.9 Å². The minimum atomic E-state index is 0.0259. The molecule has 19 heavy (non-hydrogen) atoms. The molecular formula is C13H20N4O2. The smallest absolute Gasteiger partial charge is 0.274 e. The van der Waals surface area contributed by atoms with E-state index in [1.54, 1.807) is 16.9 Å². The minimum Gasteiger partial charge on any atom is -0.375 e. The van der Waals surface area contributed by atoms with Crippen molar-refractivity contribution in [2.75, 3.05) is 33.3 Å². The van der Waals surface area contributed by atoms with Crippen molar-refractivity contribution in [2.45, 2.75) is 18.6 Å². The van der Waals surface area contributed by atoms with E-state index in [4.69, 9.17) is 4.74 Å². The van der Waals surface area contributed by atoms with Crippen LogP contribution < -0.4 is 0 Å². The average Bonchev–Trinajstić information content (AvgIpc) is 2.85. The Labute approximate surface area is 112 Å². The van der Waals surface area contributed by atoms with Gasteiger partial charge in [0.05, 0.1) is 18.8 Å². The number of fused-ring (bicyclic) bond motifs is 1. The maximum Gasteiger partial charge on any atom is 0.274 e. The van der Waals surface area contributed by atoms with Crippen LogP contribution in [0.4, 0.5) is 0 Å². The number of aryl methyl sites for hydroxylation is 1. The van der Waals surface area contributed by atoms with Crippen LogP contribution in [-0.4, -0.2) is 70.9 Å². The van der Waals surface area contributed by atoms with Gasteiger partial charge in [-0.25, -0.2) is 0 Å². The van der Waals surface area contributed by atoms with Gasteiger partial charge in [-0.1, -0.05) is 0 Å². The number of amides is 1. The molecule has 3 rings (SSSR count). The summed E-state index contributed by atoms with van der Waals surface area (Å²) in [5.74, 6) is 0.0259. The number of carbonyl (C=O) groups excluding carboxylic acids is 1. The van der Waals surface area contributed by atoms with Crippen LogP contribution in [-0.2, 0) is 11.8 Å². The van der Waals surface area contributed by atoms with Crippen LogP contribution in [0.2, 0.25) is 0 Å². The lowest BCUT2D eigenvalue weighted by atomic mass is 9.99. The van der Waals surface area contributed by atoms with Gasteiger partial charge in [-0.3, -0.25) is 14.4 Å². The zero-order chi connectivity index (χ0) is 13.4. The highest BCUT2D eigenvalue weighted by Gasteiger charge is 2.37. The molecule has 0 bridgehead atoms. The van der Waals surface area contributed by atoms with E-state index in [2.05, 4.69) is 17.0 Å². The Hall–Kier alpha value is -1.40. The second-order valence-electron chi connectivity index (χ2n) is 5.37. The molecule has 0 aromatic carbocycles. The number of nitrogens with zero attached hydrogens (tertiary/aromatic N) is 4. The Balaban J connectivity index is 1.71. The van der Waals surface area contributed by atoms with Crippen LogP contribution in [0.5, 0.6) is 0 Å². The first-order valence-electron chi connectivity index (χ1n) is 6.76. The molecule has 2 fully saturated rings. The highest BCUT2D eigenvalue weighted by Crippen LogP contribution is 2.22. The van der Waals surface area contributed by atoms with E-state index in [1.807, 2.05) is 11.9 Å². The Morgan fingerprint density at radius 2 is 2.26 bits per heavy atom. The highest BCUT2D eigenvalue weighted by molar-refractivity contribution is 5.92. The number of carbonyl (C=O) groups is 1. The Morgan fingerprint density at radius 3 is 3.00 bits per heavy atom. The third-order valence-electron chi connectivity index (χ3n) is 4.08. The summed E-state index contributed by atoms with van der Waals surface area (Å²) < 4.78 is 7.45. The van der Waals surface area contributed by atoms with Crippen molar-refractivity contribution in [1.29, 1.82) is 0 Å². The normalized spacial score (nSPS) is 28.2. The maximum absolute atomic E-state index is 12.4. The van der Waals surface area contributed by atoms with Crippen molar-refractivity contribution in [2.24, 2.45) is 7.05 Å². The first-order chi connectivity index (χ1) is 9.15. The van der Waals surface area contributed by atoms with Gasteiger partial charge in [0.15, 0.2) is 0 Å². The van der Waals surface area contributed by atoms with Crippen molar-refractivity contribution in [3.05, 3.63) is 18.0 Å². The molecule has 2 saturated heterocycles. The second kappa shape index (κ2) is 4.94. The zero-order valence-corrected chi connectivity index (χ0v) is 11.5. The van der Waals surface area contributed by atoms with Crippen molar-refractivity contribution < 1.29 is 9.53 Å². The summed E-state index contributed by atoms with van der Waals surface area (Å²) in [7, 11) is 3.93. The molecule has 2 atom stereocenters. The molecule has 0 radical (unpaired) electrons. The first kappa shape index (κ1) is 12.6. The number of hydrogen-bond acceptors (Lipinski definition) is 4. The molecule has 0 saturated carbocycles. The van der Waals surface area contributed by atoms with Gasteiger partial charge in [0.2, 0.25) is 0 Å². The SMILES string of the molecule is CN1CCO[C@H]2CCN(C(=O)c3ccn(C)n3)C[C@@H]21. The van der Waals surface area contributed by atoms with Gasteiger partial charge in [0.1, 0.15) is 5.69 Å². The monoisotopic (exact) mass is 264 g/mol. The summed E-state index contributed by atoms with van der Waals surface area (Å²) in [5, 5.41) is 4.19. The molecule has 1 aromatic heterocycles. The molecule has 1 aromatic rings. The summed E-state index contributed by atoms with van der Waals surface area (Å²) in [4.78, 5) is 16.6. The van der Waals surface area contributed by atoms with Gasteiger partial charge in [0.25, 0.3) is 5.91 Å². The van der Waals surface area contributed by atoms with Gasteiger partial charge in [-0.15, -0.1) is 0 Å². The van der Waals surface area contributed by atoms with E-state index >= 15 is 0 Å². The third kappa shape index (κ3) is 2.37. The van der Waals surface area contributed by atoms with E-state index < -0.39 is 0 Å². The number of aromatic nitrogens is 2. The first-order valence-corrected chi connectivity index (χ1v) is 6.76. The fourth-order valence-electron chi connectivity index (χ4n) is 2.92. The summed E-state index contributed by atoms with van der Waals surface area (Å²) in [5.41, 5.74) is 0.528. The third-order valence-corrected chi connectivity index (χ3v) is 4.08. The highest BCUT2D eigenvalue weighted by atomic mass is 16.5. The van der Waals surface area contributed by atoms with Crippen molar-refractivity contribution in [3.8, 4) is 0 Å². The number of ether oxygens (including phenoxy) is 1. The summed E-state index contributed by atoms with van der Waals surface area (Å²) in [6, 6.07) is 2.09. The van der Waals surface area contributed by atoms with Gasteiger partial charge in [-0.2, -0.15) is 5.10 Å². The number of likely N-dealkylation sites (tertiary alicyclic amines) is 1. The second-order valence-corrected chi connectivity index (χ2v) is 5.37. The zero-order valence-electron chi connectivity index (χ0n) is 11.5. The van der Waals surface area contributed by atoms with E-state index in [1.165, 1.54) is 0 Å². The molecule has 104 valence electrons. The lowest BCUT2D eigenvalue weighted by Gasteiger charge is -2.45. The topological polar surface area (TPSA) is 50.6 Å². The van der Waals surface area contributed by atoms with E-state index in [0.29, 0.717) is 11.7 Å². The predicted octanol–water partition coefficient (Wildman–Crippen LogP) is -0.0348. The summed E-state index contributed by atoms with van der Waals surface area (Å²) in [6.07, 6.45) is 2.98. The number of hydrogen-bond donors (Lipinski definition) is 0. The van der Waals surface area contributed by atoms with Crippen molar-refractivity contribution >= 4 is 5.91 Å². The summed E-state index contributed by atoms with van der Waals surface area (Å²) in [6.45, 7) is 3.22. The largest absolute Gasteiger partial charge is 0.375 e. The maximum atomic E-state index is 12.4. The molecule has 6 heteroatoms. The van der Waals surface area contributed by atoms with Crippen LogP contribution >= 0.6 is 0 Å². The molecule has 6 nitrogen and oxygen atoms in total. The van der Waals surface area contributed by atoms with E-state index in [-0.39, 0.29) is 12.0 Å². The lowest BCUT2D eigenvalue weighted by Crippen LogP contribution is -2.59. The Kier molecular flexibility index (Phi) is 3.28. The van der Waals surface area contributed by atoms with Crippen LogP contribution in [0.25, 0.3) is 0 Å². The molecule has 2 aliphatic rings. The van der Waals surface area contributed by atoms with Gasteiger partial charge < -0.3 is 9.64 Å². The Bertz CT molecular complexity index is 473. The number of rotatable bonds is 1. The molecule has 0 spiro atoms. The minimum absolute atomic E-state index is 0.0259. The van der Waals surface area contributed by atoms with E-state index in [9.17, 15) is 4.79 Å². The predicted molar refractivity (Wildman–Crippen MR) is 69.9 cm³/mol. The van der Waals surface area contributed by atoms with E-state index in [0.717, 1.165) is 32.7 Å². The van der Waals surface area contributed by atoms with Crippen LogP contribution in [0.15, 0.2) is 12.3 Å². The van der Waals surface area contributed by atoms with Crippen LogP contribution in [0, 0.1) is 0 Å². The number of likely N-dealkylation sites (N-methyl/N-ethyl adjacent to an activating group) is 1. The summed E-state index contributed by atoms with van der Waals surface area (Å²) >= 11 is 0. The standard InChI is InChI=1S/C13H20N4O2/c1-15-7-8-19-12-4-6-17(9-11(12)15)13(18)10-3-5-16(2)14-10/h3,5,11-12H,4,6-9H2,1-2H3/t11-,12-/m0/s1. The molecule has 3 heterocycles. The molecule has 0 aliphatic carbocycles. The van der Waals surface area contributed by atoms with Crippen molar-refractivity contribution in [3.63, 3.8) is 0 Å². The molecular weight excluding hydrogens is 244 g/mol.